The molecule has 134 valence electrons. The Labute approximate surface area is 150 Å². The first-order chi connectivity index (χ1) is 11.9. The summed E-state index contributed by atoms with van der Waals surface area (Å²) < 4.78 is 5.62. The highest BCUT2D eigenvalue weighted by atomic mass is 16.5. The second-order valence-electron chi connectivity index (χ2n) is 6.53. The number of amides is 1. The third-order valence-electron chi connectivity index (χ3n) is 4.14. The summed E-state index contributed by atoms with van der Waals surface area (Å²) in [4.78, 5) is 14.4. The molecule has 0 saturated carbocycles. The van der Waals surface area contributed by atoms with Crippen LogP contribution in [0.4, 0.5) is 11.4 Å². The minimum absolute atomic E-state index is 0.00126. The molecule has 1 N–H and O–H groups in total. The van der Waals surface area contributed by atoms with E-state index in [2.05, 4.69) is 31.0 Å². The molecule has 2 rings (SSSR count). The largest absolute Gasteiger partial charge is 0.483 e. The molecule has 1 amide bonds. The summed E-state index contributed by atoms with van der Waals surface area (Å²) in [6.45, 7) is 11.4. The highest BCUT2D eigenvalue weighted by Gasteiger charge is 2.09. The van der Waals surface area contributed by atoms with E-state index >= 15 is 0 Å². The summed E-state index contributed by atoms with van der Waals surface area (Å²) in [5, 5.41) is 2.87. The number of anilines is 2. The van der Waals surface area contributed by atoms with Crippen LogP contribution in [0, 0.1) is 13.8 Å². The van der Waals surface area contributed by atoms with Gasteiger partial charge in [-0.3, -0.25) is 4.79 Å². The van der Waals surface area contributed by atoms with Crippen molar-refractivity contribution in [1.29, 1.82) is 0 Å². The molecule has 4 nitrogen and oxygen atoms in total. The van der Waals surface area contributed by atoms with Gasteiger partial charge in [0.15, 0.2) is 6.61 Å². The molecule has 0 unspecified atom stereocenters. The van der Waals surface area contributed by atoms with E-state index in [-0.39, 0.29) is 12.5 Å². The topological polar surface area (TPSA) is 41.6 Å². The lowest BCUT2D eigenvalue weighted by atomic mass is 10.1. The molecule has 0 aliphatic rings. The molecule has 0 aromatic heterocycles. The number of nitrogens with zero attached hydrogens (tertiary/aromatic N) is 1. The number of carbonyl (C=O) groups is 1. The Morgan fingerprint density at radius 3 is 2.36 bits per heavy atom. The number of carbonyl (C=O) groups excluding carboxylic acids is 1. The van der Waals surface area contributed by atoms with Crippen molar-refractivity contribution in [2.75, 3.05) is 23.4 Å². The second-order valence-corrected chi connectivity index (χ2v) is 6.53. The maximum absolute atomic E-state index is 12.1. The van der Waals surface area contributed by atoms with Gasteiger partial charge in [0.1, 0.15) is 5.75 Å². The number of rotatable bonds is 7. The molecule has 0 aliphatic carbocycles. The van der Waals surface area contributed by atoms with Crippen LogP contribution in [-0.2, 0) is 4.79 Å². The van der Waals surface area contributed by atoms with E-state index in [0.717, 1.165) is 29.2 Å². The Bertz CT molecular complexity index is 708. The number of hydrogen-bond donors (Lipinski definition) is 1. The lowest BCUT2D eigenvalue weighted by molar-refractivity contribution is -0.118. The Morgan fingerprint density at radius 1 is 1.12 bits per heavy atom. The number of hydrogen-bond acceptors (Lipinski definition) is 3. The van der Waals surface area contributed by atoms with Crippen LogP contribution < -0.4 is 15.0 Å². The van der Waals surface area contributed by atoms with Crippen molar-refractivity contribution in [3.63, 3.8) is 0 Å². The highest BCUT2D eigenvalue weighted by Crippen LogP contribution is 2.21. The van der Waals surface area contributed by atoms with Crippen molar-refractivity contribution in [3.05, 3.63) is 53.6 Å². The third kappa shape index (κ3) is 5.24. The van der Waals surface area contributed by atoms with Crippen molar-refractivity contribution < 1.29 is 9.53 Å². The first-order valence-electron chi connectivity index (χ1n) is 8.77. The molecular formula is C21H28N2O2. The number of ether oxygens (including phenoxy) is 1. The minimum Gasteiger partial charge on any atom is -0.483 e. The Kier molecular flexibility index (Phi) is 6.45. The molecule has 0 spiro atoms. The van der Waals surface area contributed by atoms with Crippen molar-refractivity contribution in [3.8, 4) is 5.75 Å². The predicted molar refractivity (Wildman–Crippen MR) is 105 cm³/mol. The van der Waals surface area contributed by atoms with Crippen LogP contribution in [0.25, 0.3) is 0 Å². The Morgan fingerprint density at radius 2 is 1.80 bits per heavy atom. The van der Waals surface area contributed by atoms with Gasteiger partial charge in [-0.05, 0) is 70.5 Å². The zero-order valence-electron chi connectivity index (χ0n) is 15.8. The first kappa shape index (κ1) is 18.8. The summed E-state index contributed by atoms with van der Waals surface area (Å²) >= 11 is 0. The quantitative estimate of drug-likeness (QED) is 0.803. The van der Waals surface area contributed by atoms with Gasteiger partial charge >= 0.3 is 0 Å². The smallest absolute Gasteiger partial charge is 0.262 e. The fourth-order valence-corrected chi connectivity index (χ4v) is 2.88. The molecule has 2 aromatic rings. The maximum Gasteiger partial charge on any atom is 0.262 e. The van der Waals surface area contributed by atoms with Crippen molar-refractivity contribution in [2.45, 2.75) is 40.7 Å². The molecule has 0 aliphatic heterocycles. The molecule has 4 heteroatoms. The summed E-state index contributed by atoms with van der Waals surface area (Å²) in [5.74, 6) is 0.579. The average Bonchev–Trinajstić information content (AvgIpc) is 2.56. The molecule has 2 aromatic carbocycles. The summed E-state index contributed by atoms with van der Waals surface area (Å²) in [6.07, 6.45) is 0. The van der Waals surface area contributed by atoms with Crippen LogP contribution in [0.1, 0.15) is 31.9 Å². The normalized spacial score (nSPS) is 10.6. The van der Waals surface area contributed by atoms with Gasteiger partial charge in [0.05, 0.1) is 0 Å². The predicted octanol–water partition coefficient (Wildman–Crippen LogP) is 4.56. The van der Waals surface area contributed by atoms with Crippen LogP contribution in [0.5, 0.6) is 5.75 Å². The summed E-state index contributed by atoms with van der Waals surface area (Å²) in [5.41, 5.74) is 4.14. The second kappa shape index (κ2) is 8.56. The number of aryl methyl sites for hydroxylation is 2. The number of nitrogens with one attached hydrogen (secondary N) is 1. The van der Waals surface area contributed by atoms with E-state index in [0.29, 0.717) is 6.04 Å². The van der Waals surface area contributed by atoms with Gasteiger partial charge in [0.2, 0.25) is 0 Å². The van der Waals surface area contributed by atoms with Gasteiger partial charge in [0.25, 0.3) is 5.91 Å². The minimum atomic E-state index is -0.163. The van der Waals surface area contributed by atoms with E-state index < -0.39 is 0 Å². The van der Waals surface area contributed by atoms with Crippen molar-refractivity contribution in [2.24, 2.45) is 0 Å². The molecule has 0 bridgehead atoms. The lowest BCUT2D eigenvalue weighted by Crippen LogP contribution is -2.30. The Hall–Kier alpha value is -2.49. The fourth-order valence-electron chi connectivity index (χ4n) is 2.88. The van der Waals surface area contributed by atoms with E-state index in [9.17, 15) is 4.79 Å². The van der Waals surface area contributed by atoms with Gasteiger partial charge in [0, 0.05) is 24.0 Å². The monoisotopic (exact) mass is 340 g/mol. The summed E-state index contributed by atoms with van der Waals surface area (Å²) in [7, 11) is 0. The van der Waals surface area contributed by atoms with Crippen molar-refractivity contribution in [1.82, 2.24) is 0 Å². The third-order valence-corrected chi connectivity index (χ3v) is 4.14. The first-order valence-corrected chi connectivity index (χ1v) is 8.77. The van der Waals surface area contributed by atoms with Gasteiger partial charge in [-0.25, -0.2) is 0 Å². The zero-order valence-corrected chi connectivity index (χ0v) is 15.8. The van der Waals surface area contributed by atoms with E-state index in [1.807, 2.05) is 56.3 Å². The van der Waals surface area contributed by atoms with Crippen LogP contribution >= 0.6 is 0 Å². The van der Waals surface area contributed by atoms with Gasteiger partial charge in [-0.15, -0.1) is 0 Å². The molecule has 0 radical (unpaired) electrons. The molecular weight excluding hydrogens is 312 g/mol. The lowest BCUT2D eigenvalue weighted by Gasteiger charge is -2.27. The van der Waals surface area contributed by atoms with Gasteiger partial charge in [-0.2, -0.15) is 0 Å². The maximum atomic E-state index is 12.1. The van der Waals surface area contributed by atoms with Gasteiger partial charge in [-0.1, -0.05) is 17.7 Å². The van der Waals surface area contributed by atoms with Crippen LogP contribution in [0.2, 0.25) is 0 Å². The molecule has 0 heterocycles. The van der Waals surface area contributed by atoms with E-state index in [4.69, 9.17) is 4.74 Å². The SMILES string of the molecule is CCN(c1ccc(NC(=O)COc2ccc(C)cc2C)cc1)C(C)C. The average molecular weight is 340 g/mol. The molecule has 0 fully saturated rings. The number of benzene rings is 2. The van der Waals surface area contributed by atoms with Crippen LogP contribution in [-0.4, -0.2) is 25.1 Å². The van der Waals surface area contributed by atoms with Crippen LogP contribution in [0.15, 0.2) is 42.5 Å². The van der Waals surface area contributed by atoms with Crippen molar-refractivity contribution >= 4 is 17.3 Å². The Balaban J connectivity index is 1.92. The van der Waals surface area contributed by atoms with E-state index in [1.165, 1.54) is 5.56 Å². The molecule has 0 atom stereocenters. The van der Waals surface area contributed by atoms with Gasteiger partial charge < -0.3 is 15.0 Å². The van der Waals surface area contributed by atoms with Crippen LogP contribution in [0.3, 0.4) is 0 Å². The molecule has 0 saturated heterocycles. The molecule has 25 heavy (non-hydrogen) atoms. The zero-order chi connectivity index (χ0) is 18.4. The fraction of sp³-hybridized carbons (Fsp3) is 0.381. The summed E-state index contributed by atoms with van der Waals surface area (Å²) in [6, 6.07) is 14.3. The van der Waals surface area contributed by atoms with E-state index in [1.54, 1.807) is 0 Å². The highest BCUT2D eigenvalue weighted by molar-refractivity contribution is 5.92. The standard InChI is InChI=1S/C21H28N2O2/c1-6-23(15(2)3)19-10-8-18(9-11-19)22-21(24)14-25-20-12-7-16(4)13-17(20)5/h7-13,15H,6,14H2,1-5H3,(H,22,24).